The van der Waals surface area contributed by atoms with Gasteiger partial charge in [0.1, 0.15) is 16.5 Å². The minimum absolute atomic E-state index is 0.458. The Kier molecular flexibility index (Phi) is 4.14. The molecule has 2 aromatic heterocycles. The predicted molar refractivity (Wildman–Crippen MR) is 102 cm³/mol. The van der Waals surface area contributed by atoms with Crippen molar-refractivity contribution in [2.75, 3.05) is 44.2 Å². The molecule has 0 spiro atoms. The number of piperazine rings is 1. The maximum atomic E-state index is 5.81. The minimum atomic E-state index is 0.458. The third kappa shape index (κ3) is 2.94. The van der Waals surface area contributed by atoms with Crippen LogP contribution in [0, 0.1) is 6.92 Å². The third-order valence-electron chi connectivity index (χ3n) is 5.82. The highest BCUT2D eigenvalue weighted by molar-refractivity contribution is 7.19. The first-order chi connectivity index (χ1) is 12.3. The molecule has 0 N–H and O–H groups in total. The molecule has 0 aromatic carbocycles. The number of aromatic nitrogens is 2. The standard InChI is InChI=1S/C19H26N4OS/c1-13-20-18(17-15-5-2-6-16(15)25-19(17)21-13)23-9-7-22(8-10-23)12-14-4-3-11-24-14/h14H,2-12H2,1H3. The molecular weight excluding hydrogens is 332 g/mol. The van der Waals surface area contributed by atoms with Crippen LogP contribution < -0.4 is 4.90 Å². The highest BCUT2D eigenvalue weighted by Gasteiger charge is 2.27. The van der Waals surface area contributed by atoms with Gasteiger partial charge in [0.15, 0.2) is 0 Å². The first kappa shape index (κ1) is 16.0. The van der Waals surface area contributed by atoms with E-state index in [1.54, 1.807) is 4.88 Å². The highest BCUT2D eigenvalue weighted by Crippen LogP contribution is 2.40. The molecule has 0 saturated carbocycles. The Bertz CT molecular complexity index is 775. The Morgan fingerprint density at radius 2 is 2.00 bits per heavy atom. The van der Waals surface area contributed by atoms with Gasteiger partial charge in [0.25, 0.3) is 0 Å². The smallest absolute Gasteiger partial charge is 0.141 e. The van der Waals surface area contributed by atoms with Crippen LogP contribution >= 0.6 is 11.3 Å². The summed E-state index contributed by atoms with van der Waals surface area (Å²) in [6, 6.07) is 0. The van der Waals surface area contributed by atoms with Crippen molar-refractivity contribution in [3.63, 3.8) is 0 Å². The predicted octanol–water partition coefficient (Wildman–Crippen LogP) is 2.79. The number of rotatable bonds is 3. The van der Waals surface area contributed by atoms with E-state index in [1.807, 2.05) is 18.3 Å². The molecule has 1 unspecified atom stereocenters. The van der Waals surface area contributed by atoms with Crippen LogP contribution in [0.1, 0.15) is 35.5 Å². The second kappa shape index (κ2) is 6.49. The zero-order valence-corrected chi connectivity index (χ0v) is 15.8. The summed E-state index contributed by atoms with van der Waals surface area (Å²) in [5, 5.41) is 1.36. The zero-order valence-electron chi connectivity index (χ0n) is 15.0. The van der Waals surface area contributed by atoms with Gasteiger partial charge < -0.3 is 9.64 Å². The molecule has 1 atom stereocenters. The van der Waals surface area contributed by atoms with E-state index in [1.165, 1.54) is 53.7 Å². The van der Waals surface area contributed by atoms with Crippen LogP contribution in [0.3, 0.4) is 0 Å². The van der Waals surface area contributed by atoms with Gasteiger partial charge >= 0.3 is 0 Å². The highest BCUT2D eigenvalue weighted by atomic mass is 32.1. The molecule has 0 amide bonds. The van der Waals surface area contributed by atoms with E-state index in [0.717, 1.165) is 45.2 Å². The fraction of sp³-hybridized carbons (Fsp3) is 0.684. The molecule has 6 heteroatoms. The Labute approximate surface area is 153 Å². The maximum absolute atomic E-state index is 5.81. The molecule has 5 nitrogen and oxygen atoms in total. The number of hydrogen-bond acceptors (Lipinski definition) is 6. The van der Waals surface area contributed by atoms with Gasteiger partial charge in [-0.25, -0.2) is 9.97 Å². The first-order valence-corrected chi connectivity index (χ1v) is 10.5. The summed E-state index contributed by atoms with van der Waals surface area (Å²) < 4.78 is 5.81. The van der Waals surface area contributed by atoms with E-state index < -0.39 is 0 Å². The quantitative estimate of drug-likeness (QED) is 0.844. The number of aryl methyl sites for hydroxylation is 3. The fourth-order valence-corrected chi connectivity index (χ4v) is 5.83. The summed E-state index contributed by atoms with van der Waals surface area (Å²) >= 11 is 1.90. The van der Waals surface area contributed by atoms with Gasteiger partial charge in [0, 0.05) is 44.2 Å². The molecule has 1 aliphatic carbocycles. The Hall–Kier alpha value is -1.24. The monoisotopic (exact) mass is 358 g/mol. The van der Waals surface area contributed by atoms with Crippen molar-refractivity contribution in [3.8, 4) is 0 Å². The van der Waals surface area contributed by atoms with Gasteiger partial charge in [-0.05, 0) is 44.6 Å². The van der Waals surface area contributed by atoms with Crippen molar-refractivity contribution >= 4 is 27.4 Å². The lowest BCUT2D eigenvalue weighted by Crippen LogP contribution is -2.48. The fourth-order valence-electron chi connectivity index (χ4n) is 4.53. The van der Waals surface area contributed by atoms with E-state index in [-0.39, 0.29) is 0 Å². The van der Waals surface area contributed by atoms with Crippen LogP contribution in [-0.2, 0) is 17.6 Å². The average Bonchev–Trinajstić information content (AvgIpc) is 3.32. The van der Waals surface area contributed by atoms with Gasteiger partial charge in [-0.15, -0.1) is 11.3 Å². The molecule has 25 heavy (non-hydrogen) atoms. The number of thiophene rings is 1. The van der Waals surface area contributed by atoms with Crippen molar-refractivity contribution < 1.29 is 4.74 Å². The lowest BCUT2D eigenvalue weighted by molar-refractivity contribution is 0.0712. The Morgan fingerprint density at radius 1 is 1.12 bits per heavy atom. The van der Waals surface area contributed by atoms with E-state index in [0.29, 0.717) is 6.10 Å². The van der Waals surface area contributed by atoms with E-state index in [4.69, 9.17) is 14.7 Å². The lowest BCUT2D eigenvalue weighted by atomic mass is 10.1. The van der Waals surface area contributed by atoms with Crippen LogP contribution in [0.2, 0.25) is 0 Å². The van der Waals surface area contributed by atoms with Gasteiger partial charge in [-0.2, -0.15) is 0 Å². The molecule has 0 bridgehead atoms. The molecule has 2 aliphatic heterocycles. The van der Waals surface area contributed by atoms with Crippen molar-refractivity contribution in [1.29, 1.82) is 0 Å². The normalized spacial score (nSPS) is 24.4. The number of nitrogens with zero attached hydrogens (tertiary/aromatic N) is 4. The Balaban J connectivity index is 1.37. The van der Waals surface area contributed by atoms with E-state index in [9.17, 15) is 0 Å². The molecule has 0 radical (unpaired) electrons. The van der Waals surface area contributed by atoms with Crippen LogP contribution in [0.15, 0.2) is 0 Å². The molecule has 4 heterocycles. The number of fused-ring (bicyclic) bond motifs is 3. The second-order valence-electron chi connectivity index (χ2n) is 7.55. The van der Waals surface area contributed by atoms with E-state index >= 15 is 0 Å². The summed E-state index contributed by atoms with van der Waals surface area (Å²) in [4.78, 5) is 17.4. The summed E-state index contributed by atoms with van der Waals surface area (Å²) in [5.74, 6) is 2.10. The summed E-state index contributed by atoms with van der Waals surface area (Å²) in [5.41, 5.74) is 1.54. The third-order valence-corrected chi connectivity index (χ3v) is 7.00. The number of anilines is 1. The summed E-state index contributed by atoms with van der Waals surface area (Å²) in [6.07, 6.45) is 6.64. The van der Waals surface area contributed by atoms with Gasteiger partial charge in [0.05, 0.1) is 11.5 Å². The Morgan fingerprint density at radius 3 is 2.80 bits per heavy atom. The summed E-state index contributed by atoms with van der Waals surface area (Å²) in [7, 11) is 0. The first-order valence-electron chi connectivity index (χ1n) is 9.66. The van der Waals surface area contributed by atoms with Gasteiger partial charge in [-0.3, -0.25) is 4.90 Å². The molecule has 2 aromatic rings. The maximum Gasteiger partial charge on any atom is 0.141 e. The van der Waals surface area contributed by atoms with Crippen molar-refractivity contribution in [3.05, 3.63) is 16.3 Å². The van der Waals surface area contributed by atoms with Crippen molar-refractivity contribution in [2.24, 2.45) is 0 Å². The van der Waals surface area contributed by atoms with Crippen LogP contribution in [-0.4, -0.2) is 60.3 Å². The zero-order chi connectivity index (χ0) is 16.8. The van der Waals surface area contributed by atoms with Crippen molar-refractivity contribution in [2.45, 2.75) is 45.1 Å². The van der Waals surface area contributed by atoms with Crippen LogP contribution in [0.25, 0.3) is 10.2 Å². The molecule has 3 aliphatic rings. The number of hydrogen-bond donors (Lipinski definition) is 0. The molecule has 2 fully saturated rings. The molecule has 134 valence electrons. The van der Waals surface area contributed by atoms with Crippen LogP contribution in [0.4, 0.5) is 5.82 Å². The molecule has 5 rings (SSSR count). The summed E-state index contributed by atoms with van der Waals surface area (Å²) in [6.45, 7) is 8.41. The second-order valence-corrected chi connectivity index (χ2v) is 8.64. The topological polar surface area (TPSA) is 41.5 Å². The molecular formula is C19H26N4OS. The average molecular weight is 359 g/mol. The van der Waals surface area contributed by atoms with Crippen molar-refractivity contribution in [1.82, 2.24) is 14.9 Å². The van der Waals surface area contributed by atoms with Gasteiger partial charge in [-0.1, -0.05) is 0 Å². The SMILES string of the molecule is Cc1nc(N2CCN(CC3CCCO3)CC2)c2c3c(sc2n1)CCC3. The van der Waals surface area contributed by atoms with Crippen LogP contribution in [0.5, 0.6) is 0 Å². The minimum Gasteiger partial charge on any atom is -0.377 e. The lowest BCUT2D eigenvalue weighted by Gasteiger charge is -2.36. The molecule has 2 saturated heterocycles. The van der Waals surface area contributed by atoms with Gasteiger partial charge in [0.2, 0.25) is 0 Å². The van der Waals surface area contributed by atoms with E-state index in [2.05, 4.69) is 9.80 Å². The largest absolute Gasteiger partial charge is 0.377 e. The number of ether oxygens (including phenoxy) is 1.